The number of benzene rings is 9. The Morgan fingerprint density at radius 1 is 0.369 bits per heavy atom. The Labute approximate surface area is 377 Å². The lowest BCUT2D eigenvalue weighted by Gasteiger charge is -2.57. The van der Waals surface area contributed by atoms with E-state index in [1.807, 2.05) is 0 Å². The summed E-state index contributed by atoms with van der Waals surface area (Å²) in [6.45, 7) is 0. The average molecular weight is 836 g/mol. The minimum atomic E-state index is 0.334. The lowest BCUT2D eigenvalue weighted by atomic mass is 9.48. The van der Waals surface area contributed by atoms with Crippen LogP contribution >= 0.6 is 0 Å². The van der Waals surface area contributed by atoms with Crippen molar-refractivity contribution < 1.29 is 4.42 Å². The smallest absolute Gasteiger partial charge is 0.167 e. The first-order valence-electron chi connectivity index (χ1n) is 23.4. The number of aromatic nitrogens is 3. The van der Waals surface area contributed by atoms with Crippen molar-refractivity contribution in [3.63, 3.8) is 0 Å². The summed E-state index contributed by atoms with van der Waals surface area (Å²) < 4.78 is 7.25. The number of nitrogens with zero attached hydrogens (tertiary/aromatic N) is 3. The Morgan fingerprint density at radius 2 is 0.923 bits per heavy atom. The first-order valence-corrected chi connectivity index (χ1v) is 23.4. The predicted octanol–water partition coefficient (Wildman–Crippen LogP) is 16.0. The van der Waals surface area contributed by atoms with Gasteiger partial charge in [0.2, 0.25) is 0 Å². The van der Waals surface area contributed by atoms with E-state index in [4.69, 9.17) is 19.4 Å². The van der Waals surface area contributed by atoms with E-state index in [-0.39, 0.29) is 0 Å². The highest BCUT2D eigenvalue weighted by molar-refractivity contribution is 6.31. The largest absolute Gasteiger partial charge is 0.455 e. The van der Waals surface area contributed by atoms with Crippen LogP contribution in [0.4, 0.5) is 0 Å². The van der Waals surface area contributed by atoms with Gasteiger partial charge in [0, 0.05) is 27.3 Å². The molecule has 0 spiro atoms. The Balaban J connectivity index is 1.03. The molecule has 4 saturated carbocycles. The van der Waals surface area contributed by atoms with Crippen LogP contribution in [0, 0.1) is 17.8 Å². The lowest BCUT2D eigenvalue weighted by Crippen LogP contribution is -2.48. The topological polar surface area (TPSA) is 51.8 Å². The summed E-state index contributed by atoms with van der Waals surface area (Å²) in [5.74, 6) is 4.51. The number of hydrogen-bond donors (Lipinski definition) is 0. The van der Waals surface area contributed by atoms with Gasteiger partial charge in [-0.2, -0.15) is 0 Å². The Kier molecular flexibility index (Phi) is 8.13. The summed E-state index contributed by atoms with van der Waals surface area (Å²) in [4.78, 5) is 16.2. The SMILES string of the molecule is c1ccc(-c2cccc(-c3nc(-c4cccc5ccccc45)nc(-c4cc(-c5ccc(C67CC8CC(CC(C8)C6)C7)cc5)cc5c4oc4c6ccccc6c6ccccc6c54)n3)c2)cc1. The minimum Gasteiger partial charge on any atom is -0.455 e. The van der Waals surface area contributed by atoms with Crippen molar-refractivity contribution >= 4 is 54.3 Å². The van der Waals surface area contributed by atoms with Crippen LogP contribution in [0.15, 0.2) is 186 Å². The number of furan rings is 1. The molecular formula is C61H45N3O. The maximum absolute atomic E-state index is 7.25. The Morgan fingerprint density at radius 3 is 1.68 bits per heavy atom. The Bertz CT molecular complexity index is 3660. The molecule has 310 valence electrons. The molecule has 65 heavy (non-hydrogen) atoms. The molecule has 4 aliphatic rings. The van der Waals surface area contributed by atoms with Crippen molar-refractivity contribution in [2.75, 3.05) is 0 Å². The van der Waals surface area contributed by atoms with Crippen LogP contribution in [0.1, 0.15) is 44.1 Å². The van der Waals surface area contributed by atoms with E-state index in [2.05, 4.69) is 182 Å². The van der Waals surface area contributed by atoms with Gasteiger partial charge in [0.05, 0.1) is 5.56 Å². The molecule has 0 radical (unpaired) electrons. The molecule has 2 aromatic heterocycles. The molecule has 4 heteroatoms. The van der Waals surface area contributed by atoms with Crippen LogP contribution in [-0.2, 0) is 5.41 Å². The van der Waals surface area contributed by atoms with Crippen LogP contribution in [0.2, 0.25) is 0 Å². The van der Waals surface area contributed by atoms with Gasteiger partial charge < -0.3 is 4.42 Å². The van der Waals surface area contributed by atoms with Crippen molar-refractivity contribution in [2.45, 2.75) is 43.9 Å². The monoisotopic (exact) mass is 835 g/mol. The van der Waals surface area contributed by atoms with Gasteiger partial charge in [-0.3, -0.25) is 0 Å². The van der Waals surface area contributed by atoms with Gasteiger partial charge in [-0.25, -0.2) is 15.0 Å². The van der Waals surface area contributed by atoms with Gasteiger partial charge in [-0.05, 0) is 135 Å². The third-order valence-corrected chi connectivity index (χ3v) is 15.5. The number of hydrogen-bond acceptors (Lipinski definition) is 4. The summed E-state index contributed by atoms with van der Waals surface area (Å²) in [6.07, 6.45) is 8.40. The molecule has 11 aromatic rings. The van der Waals surface area contributed by atoms with E-state index in [1.54, 1.807) is 0 Å². The number of fused-ring (bicyclic) bond motifs is 9. The van der Waals surface area contributed by atoms with Crippen LogP contribution in [0.3, 0.4) is 0 Å². The van der Waals surface area contributed by atoms with E-state index in [0.717, 1.165) is 89.2 Å². The van der Waals surface area contributed by atoms with E-state index in [9.17, 15) is 0 Å². The molecule has 0 aliphatic heterocycles. The highest BCUT2D eigenvalue weighted by Crippen LogP contribution is 2.61. The quantitative estimate of drug-likeness (QED) is 0.157. The second-order valence-electron chi connectivity index (χ2n) is 19.4. The summed E-state index contributed by atoms with van der Waals surface area (Å²) in [7, 11) is 0. The van der Waals surface area contributed by atoms with Crippen LogP contribution in [-0.4, -0.2) is 15.0 Å². The molecule has 2 heterocycles. The first kappa shape index (κ1) is 37.0. The molecule has 4 fully saturated rings. The van der Waals surface area contributed by atoms with Gasteiger partial charge in [0.15, 0.2) is 17.5 Å². The normalized spacial score (nSPS) is 20.2. The molecule has 0 unspecified atom stereocenters. The summed E-state index contributed by atoms with van der Waals surface area (Å²) >= 11 is 0. The van der Waals surface area contributed by atoms with Crippen molar-refractivity contribution in [3.8, 4) is 56.4 Å². The fourth-order valence-corrected chi connectivity index (χ4v) is 13.0. The first-order chi connectivity index (χ1) is 32.1. The molecule has 0 N–H and O–H groups in total. The van der Waals surface area contributed by atoms with E-state index in [1.165, 1.54) is 65.8 Å². The molecule has 9 aromatic carbocycles. The fraction of sp³-hybridized carbons (Fsp3) is 0.164. The van der Waals surface area contributed by atoms with Crippen molar-refractivity contribution in [1.82, 2.24) is 15.0 Å². The summed E-state index contributed by atoms with van der Waals surface area (Å²) in [5, 5.41) is 9.05. The summed E-state index contributed by atoms with van der Waals surface area (Å²) in [5.41, 5.74) is 10.8. The molecule has 4 aliphatic carbocycles. The van der Waals surface area contributed by atoms with Gasteiger partial charge in [-0.1, -0.05) is 164 Å². The minimum absolute atomic E-state index is 0.334. The fourth-order valence-electron chi connectivity index (χ4n) is 13.0. The lowest BCUT2D eigenvalue weighted by molar-refractivity contribution is -0.00518. The van der Waals surface area contributed by atoms with Crippen LogP contribution in [0.25, 0.3) is 111 Å². The van der Waals surface area contributed by atoms with Gasteiger partial charge in [-0.15, -0.1) is 0 Å². The number of rotatable bonds is 6. The zero-order valence-corrected chi connectivity index (χ0v) is 36.0. The molecule has 0 amide bonds. The molecule has 4 nitrogen and oxygen atoms in total. The third kappa shape index (κ3) is 5.93. The van der Waals surface area contributed by atoms with Crippen molar-refractivity contribution in [2.24, 2.45) is 17.8 Å². The maximum atomic E-state index is 7.25. The van der Waals surface area contributed by atoms with Gasteiger partial charge in [0.1, 0.15) is 11.2 Å². The second kappa shape index (κ2) is 14.3. The van der Waals surface area contributed by atoms with E-state index < -0.39 is 0 Å². The molecule has 4 bridgehead atoms. The van der Waals surface area contributed by atoms with E-state index in [0.29, 0.717) is 22.9 Å². The third-order valence-electron chi connectivity index (χ3n) is 15.5. The zero-order valence-electron chi connectivity index (χ0n) is 36.0. The summed E-state index contributed by atoms with van der Waals surface area (Å²) in [6, 6.07) is 65.6. The van der Waals surface area contributed by atoms with Crippen LogP contribution in [0.5, 0.6) is 0 Å². The molecule has 0 saturated heterocycles. The molecule has 0 atom stereocenters. The second-order valence-corrected chi connectivity index (χ2v) is 19.4. The Hall–Kier alpha value is -7.43. The predicted molar refractivity (Wildman–Crippen MR) is 267 cm³/mol. The van der Waals surface area contributed by atoms with Crippen LogP contribution < -0.4 is 0 Å². The maximum Gasteiger partial charge on any atom is 0.167 e. The van der Waals surface area contributed by atoms with E-state index >= 15 is 0 Å². The standard InChI is InChI=1S/C61H45N3O/c1-2-12-40(13-3-1)43-16-10-17-44(31-43)58-62-59(52-23-11-15-42-14-4-5-18-47(42)52)64-60(63-58)54-33-45(41-24-26-46(27-25-41)61-34-37-28-38(35-61)30-39(29-37)36-61)32-53-55-50-21-8-6-19-48(50)49-20-7-9-22-51(49)57(55)65-56(53)54/h1-27,31-33,37-39H,28-30,34-36H2. The average Bonchev–Trinajstić information content (AvgIpc) is 3.76. The van der Waals surface area contributed by atoms with Crippen molar-refractivity contribution in [3.05, 3.63) is 188 Å². The molecule has 15 rings (SSSR count). The highest BCUT2D eigenvalue weighted by Gasteiger charge is 2.51. The zero-order chi connectivity index (χ0) is 42.6. The van der Waals surface area contributed by atoms with Gasteiger partial charge in [0.25, 0.3) is 0 Å². The molecular weight excluding hydrogens is 791 g/mol. The van der Waals surface area contributed by atoms with Crippen molar-refractivity contribution in [1.29, 1.82) is 0 Å². The highest BCUT2D eigenvalue weighted by atomic mass is 16.3. The van der Waals surface area contributed by atoms with Gasteiger partial charge >= 0.3 is 0 Å².